The van der Waals surface area contributed by atoms with Gasteiger partial charge in [0.25, 0.3) is 0 Å². The molecule has 3 N–H and O–H groups in total. The summed E-state index contributed by atoms with van der Waals surface area (Å²) in [6.45, 7) is 0.646. The van der Waals surface area contributed by atoms with Gasteiger partial charge in [-0.3, -0.25) is 0 Å². The van der Waals surface area contributed by atoms with E-state index in [1.165, 1.54) is 0 Å². The molecule has 0 aliphatic heterocycles. The third-order valence-corrected chi connectivity index (χ3v) is 3.48. The highest BCUT2D eigenvalue weighted by molar-refractivity contribution is 6.29. The van der Waals surface area contributed by atoms with Gasteiger partial charge < -0.3 is 20.7 Å². The van der Waals surface area contributed by atoms with Crippen LogP contribution in [-0.4, -0.2) is 42.6 Å². The van der Waals surface area contributed by atoms with Gasteiger partial charge in [-0.15, -0.1) is 0 Å². The first-order valence-electron chi connectivity index (χ1n) is 6.84. The van der Waals surface area contributed by atoms with Gasteiger partial charge in [0.05, 0.1) is 13.2 Å². The van der Waals surface area contributed by atoms with Crippen molar-refractivity contribution >= 4 is 23.4 Å². The van der Waals surface area contributed by atoms with Gasteiger partial charge in [0.2, 0.25) is 5.95 Å². The molecule has 0 bridgehead atoms. The lowest BCUT2D eigenvalue weighted by Gasteiger charge is -2.25. The highest BCUT2D eigenvalue weighted by Crippen LogP contribution is 2.23. The number of halogens is 1. The summed E-state index contributed by atoms with van der Waals surface area (Å²) in [5.41, 5.74) is 6.74. The number of hydrogen-bond donors (Lipinski definition) is 2. The molecule has 1 aromatic carbocycles. The lowest BCUT2D eigenvalue weighted by Crippen LogP contribution is -2.27. The molecule has 0 radical (unpaired) electrons. The standard InChI is InChI=1S/C15H20ClN5O/c1-21(2)12(10-5-4-6-11(7-10)22-3)9-18-14-8-13(16)19-15(17)20-14/h4-8,12H,9H2,1-3H3,(H3,17,18,19,20)/t12-/m1/s1. The molecule has 0 saturated heterocycles. The number of rotatable bonds is 6. The van der Waals surface area contributed by atoms with Crippen LogP contribution in [0.3, 0.4) is 0 Å². The summed E-state index contributed by atoms with van der Waals surface area (Å²) in [5, 5.41) is 3.56. The Morgan fingerprint density at radius 1 is 1.32 bits per heavy atom. The summed E-state index contributed by atoms with van der Waals surface area (Å²) < 4.78 is 5.29. The molecule has 0 aliphatic rings. The number of anilines is 2. The minimum atomic E-state index is 0.144. The van der Waals surface area contributed by atoms with E-state index in [2.05, 4.69) is 26.3 Å². The van der Waals surface area contributed by atoms with Crippen LogP contribution in [0.5, 0.6) is 5.75 Å². The SMILES string of the molecule is COc1cccc([C@@H](CNc2cc(Cl)nc(N)n2)N(C)C)c1. The molecule has 0 spiro atoms. The third kappa shape index (κ3) is 4.22. The highest BCUT2D eigenvalue weighted by Gasteiger charge is 2.15. The topological polar surface area (TPSA) is 76.3 Å². The fraction of sp³-hybridized carbons (Fsp3) is 0.333. The minimum Gasteiger partial charge on any atom is -0.497 e. The highest BCUT2D eigenvalue weighted by atomic mass is 35.5. The van der Waals surface area contributed by atoms with Crippen molar-refractivity contribution in [3.8, 4) is 5.75 Å². The van der Waals surface area contributed by atoms with Crippen molar-refractivity contribution in [2.24, 2.45) is 0 Å². The predicted molar refractivity (Wildman–Crippen MR) is 89.4 cm³/mol. The second kappa shape index (κ2) is 7.29. The Bertz CT molecular complexity index is 615. The molecule has 0 amide bonds. The van der Waals surface area contributed by atoms with E-state index in [0.29, 0.717) is 17.5 Å². The van der Waals surface area contributed by atoms with Crippen molar-refractivity contribution in [1.82, 2.24) is 14.9 Å². The van der Waals surface area contributed by atoms with Crippen LogP contribution >= 0.6 is 11.6 Å². The number of nitrogens with two attached hydrogens (primary N) is 1. The van der Waals surface area contributed by atoms with Crippen LogP contribution < -0.4 is 15.8 Å². The van der Waals surface area contributed by atoms with Gasteiger partial charge in [0.15, 0.2) is 0 Å². The lowest BCUT2D eigenvalue weighted by molar-refractivity contribution is 0.310. The monoisotopic (exact) mass is 321 g/mol. The number of benzene rings is 1. The van der Waals surface area contributed by atoms with Gasteiger partial charge in [0, 0.05) is 12.6 Å². The van der Waals surface area contributed by atoms with E-state index >= 15 is 0 Å². The summed E-state index contributed by atoms with van der Waals surface area (Å²) in [4.78, 5) is 10.1. The van der Waals surface area contributed by atoms with Crippen LogP contribution in [-0.2, 0) is 0 Å². The molecule has 2 aromatic rings. The molecule has 6 nitrogen and oxygen atoms in total. The molecule has 118 valence electrons. The van der Waals surface area contributed by atoms with Gasteiger partial charge in [-0.25, -0.2) is 4.98 Å². The van der Waals surface area contributed by atoms with Crippen LogP contribution in [0.15, 0.2) is 30.3 Å². The zero-order valence-electron chi connectivity index (χ0n) is 12.9. The first-order valence-corrected chi connectivity index (χ1v) is 7.21. The van der Waals surface area contributed by atoms with Crippen LogP contribution in [0.25, 0.3) is 0 Å². The molecule has 7 heteroatoms. The molecule has 22 heavy (non-hydrogen) atoms. The second-order valence-electron chi connectivity index (χ2n) is 5.07. The summed E-state index contributed by atoms with van der Waals surface area (Å²) in [6, 6.07) is 9.78. The molecule has 0 aliphatic carbocycles. The van der Waals surface area contributed by atoms with E-state index in [9.17, 15) is 0 Å². The van der Waals surface area contributed by atoms with E-state index in [4.69, 9.17) is 22.1 Å². The van der Waals surface area contributed by atoms with Gasteiger partial charge in [-0.1, -0.05) is 23.7 Å². The van der Waals surface area contributed by atoms with Gasteiger partial charge >= 0.3 is 0 Å². The Hall–Kier alpha value is -2.05. The number of likely N-dealkylation sites (N-methyl/N-ethyl adjacent to an activating group) is 1. The first kappa shape index (κ1) is 16.3. The van der Waals surface area contributed by atoms with Crippen molar-refractivity contribution in [2.45, 2.75) is 6.04 Å². The van der Waals surface area contributed by atoms with E-state index in [1.807, 2.05) is 32.3 Å². The predicted octanol–water partition coefficient (Wildman–Crippen LogP) is 2.44. The minimum absolute atomic E-state index is 0.144. The third-order valence-electron chi connectivity index (χ3n) is 3.29. The Labute approximate surface area is 135 Å². The molecule has 1 heterocycles. The number of nitrogens with zero attached hydrogens (tertiary/aromatic N) is 3. The normalized spacial score (nSPS) is 12.2. The lowest BCUT2D eigenvalue weighted by atomic mass is 10.1. The van der Waals surface area contributed by atoms with Crippen molar-refractivity contribution in [2.75, 3.05) is 38.8 Å². The first-order chi connectivity index (χ1) is 10.5. The van der Waals surface area contributed by atoms with Gasteiger partial charge in [-0.05, 0) is 31.8 Å². The maximum Gasteiger partial charge on any atom is 0.223 e. The number of nitrogens with one attached hydrogen (secondary N) is 1. The molecule has 2 rings (SSSR count). The fourth-order valence-electron chi connectivity index (χ4n) is 2.17. The van der Waals surface area contributed by atoms with Crippen molar-refractivity contribution < 1.29 is 4.74 Å². The maximum absolute atomic E-state index is 5.89. The number of hydrogen-bond acceptors (Lipinski definition) is 6. The second-order valence-corrected chi connectivity index (χ2v) is 5.46. The zero-order chi connectivity index (χ0) is 16.1. The fourth-order valence-corrected chi connectivity index (χ4v) is 2.36. The summed E-state index contributed by atoms with van der Waals surface area (Å²) in [5.74, 6) is 1.59. The largest absolute Gasteiger partial charge is 0.497 e. The van der Waals surface area contributed by atoms with Crippen LogP contribution in [0.1, 0.15) is 11.6 Å². The van der Waals surface area contributed by atoms with E-state index in [-0.39, 0.29) is 12.0 Å². The molecular weight excluding hydrogens is 302 g/mol. The summed E-state index contributed by atoms with van der Waals surface area (Å²) in [7, 11) is 5.70. The Morgan fingerprint density at radius 2 is 2.09 bits per heavy atom. The quantitative estimate of drug-likeness (QED) is 0.796. The molecule has 0 saturated carbocycles. The average molecular weight is 322 g/mol. The number of ether oxygens (including phenoxy) is 1. The summed E-state index contributed by atoms with van der Waals surface area (Å²) in [6.07, 6.45) is 0. The molecular formula is C15H20ClN5O. The average Bonchev–Trinajstić information content (AvgIpc) is 2.46. The van der Waals surface area contributed by atoms with E-state index < -0.39 is 0 Å². The Balaban J connectivity index is 2.15. The van der Waals surface area contributed by atoms with Crippen molar-refractivity contribution in [1.29, 1.82) is 0 Å². The zero-order valence-corrected chi connectivity index (χ0v) is 13.6. The summed E-state index contributed by atoms with van der Waals surface area (Å²) >= 11 is 5.89. The van der Waals surface area contributed by atoms with Crippen molar-refractivity contribution in [3.05, 3.63) is 41.0 Å². The van der Waals surface area contributed by atoms with E-state index in [1.54, 1.807) is 13.2 Å². The van der Waals surface area contributed by atoms with Gasteiger partial charge in [0.1, 0.15) is 16.7 Å². The molecule has 0 fully saturated rings. The van der Waals surface area contributed by atoms with Crippen LogP contribution in [0.2, 0.25) is 5.15 Å². The van der Waals surface area contributed by atoms with Crippen molar-refractivity contribution in [3.63, 3.8) is 0 Å². The number of nitrogen functional groups attached to an aromatic ring is 1. The molecule has 0 unspecified atom stereocenters. The molecule has 1 aromatic heterocycles. The van der Waals surface area contributed by atoms with Crippen LogP contribution in [0.4, 0.5) is 11.8 Å². The van der Waals surface area contributed by atoms with Gasteiger partial charge in [-0.2, -0.15) is 4.98 Å². The Morgan fingerprint density at radius 3 is 2.73 bits per heavy atom. The molecule has 1 atom stereocenters. The number of aromatic nitrogens is 2. The smallest absolute Gasteiger partial charge is 0.223 e. The van der Waals surface area contributed by atoms with Crippen LogP contribution in [0, 0.1) is 0 Å². The van der Waals surface area contributed by atoms with E-state index in [0.717, 1.165) is 11.3 Å². The number of methoxy groups -OCH3 is 1. The Kier molecular flexibility index (Phi) is 5.41. The maximum atomic E-state index is 5.89.